The van der Waals surface area contributed by atoms with E-state index in [2.05, 4.69) is 10.2 Å². The molecule has 0 amide bonds. The molecule has 3 aliphatic rings. The Morgan fingerprint density at radius 3 is 2.83 bits per heavy atom. The summed E-state index contributed by atoms with van der Waals surface area (Å²) in [7, 11) is 0. The Labute approximate surface area is 135 Å². The van der Waals surface area contributed by atoms with Crippen LogP contribution >= 0.6 is 0 Å². The molecule has 2 aliphatic heterocycles. The molecule has 1 saturated carbocycles. The monoisotopic (exact) mass is 318 g/mol. The topological polar surface area (TPSA) is 55.7 Å². The summed E-state index contributed by atoms with van der Waals surface area (Å²) in [5, 5.41) is 23.5. The molecular formula is C18H23FN2O2. The van der Waals surface area contributed by atoms with Gasteiger partial charge in [0, 0.05) is 17.3 Å². The number of benzene rings is 1. The lowest BCUT2D eigenvalue weighted by Crippen LogP contribution is -2.32. The highest BCUT2D eigenvalue weighted by molar-refractivity contribution is 5.73. The molecule has 2 heterocycles. The van der Waals surface area contributed by atoms with Gasteiger partial charge in [0.05, 0.1) is 30.6 Å². The van der Waals surface area contributed by atoms with Crippen LogP contribution in [0.1, 0.15) is 49.3 Å². The van der Waals surface area contributed by atoms with E-state index in [0.717, 1.165) is 42.5 Å². The molecule has 1 fully saturated rings. The Balaban J connectivity index is 1.56. The summed E-state index contributed by atoms with van der Waals surface area (Å²) in [6.07, 6.45) is 5.00. The molecule has 0 spiro atoms. The number of rotatable bonds is 3. The van der Waals surface area contributed by atoms with E-state index in [-0.39, 0.29) is 23.9 Å². The van der Waals surface area contributed by atoms with E-state index in [1.54, 1.807) is 6.07 Å². The molecule has 1 aromatic rings. The van der Waals surface area contributed by atoms with E-state index in [9.17, 15) is 14.6 Å². The molecule has 1 aromatic carbocycles. The number of aliphatic hydroxyl groups is 2. The predicted molar refractivity (Wildman–Crippen MR) is 85.5 cm³/mol. The second-order valence-corrected chi connectivity index (χ2v) is 6.95. The summed E-state index contributed by atoms with van der Waals surface area (Å²) in [6, 6.07) is 5.08. The number of aliphatic hydroxyl groups excluding tert-OH is 2. The third-order valence-electron chi connectivity index (χ3n) is 5.60. The highest BCUT2D eigenvalue weighted by atomic mass is 19.1. The molecule has 2 unspecified atom stereocenters. The zero-order chi connectivity index (χ0) is 16.0. The first kappa shape index (κ1) is 15.0. The van der Waals surface area contributed by atoms with E-state index in [0.29, 0.717) is 13.1 Å². The summed E-state index contributed by atoms with van der Waals surface area (Å²) in [5.74, 6) is 0.0197. The van der Waals surface area contributed by atoms with Crippen LogP contribution in [0.2, 0.25) is 0 Å². The average Bonchev–Trinajstić information content (AvgIpc) is 3.12. The van der Waals surface area contributed by atoms with Gasteiger partial charge in [-0.15, -0.1) is 0 Å². The van der Waals surface area contributed by atoms with Gasteiger partial charge in [0.15, 0.2) is 0 Å². The fraction of sp³-hybridized carbons (Fsp3) is 0.556. The average molecular weight is 318 g/mol. The minimum absolute atomic E-state index is 0.116. The molecule has 4 rings (SSSR count). The largest absolute Gasteiger partial charge is 0.393 e. The summed E-state index contributed by atoms with van der Waals surface area (Å²) in [5.41, 5.74) is 2.68. The van der Waals surface area contributed by atoms with Gasteiger partial charge in [0.25, 0.3) is 0 Å². The van der Waals surface area contributed by atoms with Crippen LogP contribution < -0.4 is 5.32 Å². The maximum absolute atomic E-state index is 14.4. The van der Waals surface area contributed by atoms with Crippen molar-refractivity contribution in [3.8, 4) is 0 Å². The second-order valence-electron chi connectivity index (χ2n) is 6.95. The lowest BCUT2D eigenvalue weighted by atomic mass is 9.81. The standard InChI is InChI=1S/C18H23FN2O2/c19-14-3-1-2-13-16-9-20-10-21(16)15(18(13)14)8-17(23)11-4-6-12(22)7-5-11/h1-3,9,11-12,15,17,20,22-23H,4-8,10H2. The van der Waals surface area contributed by atoms with Crippen LogP contribution in [-0.2, 0) is 0 Å². The summed E-state index contributed by atoms with van der Waals surface area (Å²) >= 11 is 0. The fourth-order valence-corrected chi connectivity index (χ4v) is 4.33. The zero-order valence-electron chi connectivity index (χ0n) is 13.1. The van der Waals surface area contributed by atoms with Gasteiger partial charge < -0.3 is 20.4 Å². The van der Waals surface area contributed by atoms with Crippen LogP contribution in [-0.4, -0.2) is 34.0 Å². The van der Waals surface area contributed by atoms with Gasteiger partial charge in [0.1, 0.15) is 5.82 Å². The number of fused-ring (bicyclic) bond motifs is 3. The molecule has 0 radical (unpaired) electrons. The molecule has 3 N–H and O–H groups in total. The van der Waals surface area contributed by atoms with Gasteiger partial charge in [-0.1, -0.05) is 12.1 Å². The predicted octanol–water partition coefficient (Wildman–Crippen LogP) is 2.34. The van der Waals surface area contributed by atoms with Crippen molar-refractivity contribution >= 4 is 5.70 Å². The van der Waals surface area contributed by atoms with E-state index >= 15 is 0 Å². The maximum atomic E-state index is 14.4. The molecular weight excluding hydrogens is 295 g/mol. The smallest absolute Gasteiger partial charge is 0.129 e. The summed E-state index contributed by atoms with van der Waals surface area (Å²) in [6.45, 7) is 0.657. The van der Waals surface area contributed by atoms with Crippen molar-refractivity contribution in [3.05, 3.63) is 41.3 Å². The summed E-state index contributed by atoms with van der Waals surface area (Å²) in [4.78, 5) is 2.15. The van der Waals surface area contributed by atoms with Crippen LogP contribution in [0.15, 0.2) is 24.4 Å². The normalized spacial score (nSPS) is 30.5. The molecule has 2 atom stereocenters. The van der Waals surface area contributed by atoms with Crippen molar-refractivity contribution in [2.24, 2.45) is 5.92 Å². The minimum Gasteiger partial charge on any atom is -0.393 e. The highest BCUT2D eigenvalue weighted by Crippen LogP contribution is 2.46. The van der Waals surface area contributed by atoms with E-state index in [1.807, 2.05) is 12.3 Å². The molecule has 4 nitrogen and oxygen atoms in total. The Hall–Kier alpha value is -1.59. The van der Waals surface area contributed by atoms with Gasteiger partial charge in [-0.05, 0) is 44.1 Å². The molecule has 0 bridgehead atoms. The van der Waals surface area contributed by atoms with E-state index < -0.39 is 6.10 Å². The number of nitrogens with one attached hydrogen (secondary N) is 1. The molecule has 5 heteroatoms. The van der Waals surface area contributed by atoms with Crippen molar-refractivity contribution in [1.82, 2.24) is 10.2 Å². The zero-order valence-corrected chi connectivity index (χ0v) is 13.1. The highest BCUT2D eigenvalue weighted by Gasteiger charge is 2.40. The molecule has 124 valence electrons. The Morgan fingerprint density at radius 2 is 2.04 bits per heavy atom. The number of hydrogen-bond donors (Lipinski definition) is 3. The van der Waals surface area contributed by atoms with Crippen molar-refractivity contribution in [1.29, 1.82) is 0 Å². The molecule has 1 aliphatic carbocycles. The third-order valence-corrected chi connectivity index (χ3v) is 5.60. The quantitative estimate of drug-likeness (QED) is 0.801. The van der Waals surface area contributed by atoms with Crippen molar-refractivity contribution in [3.63, 3.8) is 0 Å². The lowest BCUT2D eigenvalue weighted by Gasteiger charge is -2.33. The van der Waals surface area contributed by atoms with Crippen molar-refractivity contribution < 1.29 is 14.6 Å². The van der Waals surface area contributed by atoms with E-state index in [4.69, 9.17) is 0 Å². The van der Waals surface area contributed by atoms with Gasteiger partial charge >= 0.3 is 0 Å². The Kier molecular flexibility index (Phi) is 3.77. The number of nitrogens with zero attached hydrogens (tertiary/aromatic N) is 1. The van der Waals surface area contributed by atoms with Gasteiger partial charge in [-0.25, -0.2) is 4.39 Å². The SMILES string of the molecule is OC1CCC(C(O)CC2c3c(F)cccc3C3=CNCN32)CC1. The molecule has 0 saturated heterocycles. The first-order valence-electron chi connectivity index (χ1n) is 8.50. The van der Waals surface area contributed by atoms with Crippen LogP contribution in [0.4, 0.5) is 4.39 Å². The van der Waals surface area contributed by atoms with Gasteiger partial charge in [-0.3, -0.25) is 0 Å². The maximum Gasteiger partial charge on any atom is 0.129 e. The Morgan fingerprint density at radius 1 is 1.26 bits per heavy atom. The van der Waals surface area contributed by atoms with Crippen molar-refractivity contribution in [2.45, 2.75) is 50.4 Å². The van der Waals surface area contributed by atoms with Crippen LogP contribution in [0.3, 0.4) is 0 Å². The van der Waals surface area contributed by atoms with Crippen LogP contribution in [0, 0.1) is 11.7 Å². The number of halogens is 1. The van der Waals surface area contributed by atoms with Gasteiger partial charge in [0.2, 0.25) is 0 Å². The number of hydrogen-bond acceptors (Lipinski definition) is 4. The van der Waals surface area contributed by atoms with E-state index in [1.165, 1.54) is 6.07 Å². The van der Waals surface area contributed by atoms with Crippen LogP contribution in [0.5, 0.6) is 0 Å². The van der Waals surface area contributed by atoms with Crippen molar-refractivity contribution in [2.75, 3.05) is 6.67 Å². The first-order valence-corrected chi connectivity index (χ1v) is 8.50. The first-order chi connectivity index (χ1) is 11.1. The second kappa shape index (κ2) is 5.80. The van der Waals surface area contributed by atoms with Gasteiger partial charge in [-0.2, -0.15) is 0 Å². The fourth-order valence-electron chi connectivity index (χ4n) is 4.33. The third kappa shape index (κ3) is 2.52. The molecule has 0 aromatic heterocycles. The lowest BCUT2D eigenvalue weighted by molar-refractivity contribution is 0.0263. The minimum atomic E-state index is -0.458. The Bertz CT molecular complexity index is 625. The molecule has 23 heavy (non-hydrogen) atoms. The van der Waals surface area contributed by atoms with Crippen LogP contribution in [0.25, 0.3) is 5.70 Å². The summed E-state index contributed by atoms with van der Waals surface area (Å²) < 4.78 is 14.4.